The lowest BCUT2D eigenvalue weighted by Crippen LogP contribution is -2.25. The van der Waals surface area contributed by atoms with Gasteiger partial charge in [0.1, 0.15) is 5.82 Å². The molecule has 0 spiro atoms. The van der Waals surface area contributed by atoms with Gasteiger partial charge in [-0.15, -0.1) is 0 Å². The first-order valence-corrected chi connectivity index (χ1v) is 8.89. The third-order valence-corrected chi connectivity index (χ3v) is 4.78. The number of hydrogen-bond donors (Lipinski definition) is 2. The summed E-state index contributed by atoms with van der Waals surface area (Å²) in [5.74, 6) is 0.909. The van der Waals surface area contributed by atoms with Crippen LogP contribution in [0.25, 0.3) is 10.9 Å². The molecular formula is C21H23N5. The summed E-state index contributed by atoms with van der Waals surface area (Å²) in [5.41, 5.74) is 5.04. The van der Waals surface area contributed by atoms with Crippen molar-refractivity contribution < 1.29 is 0 Å². The molecule has 0 aliphatic heterocycles. The first-order valence-electron chi connectivity index (χ1n) is 8.89. The maximum Gasteiger partial charge on any atom is 0.127 e. The van der Waals surface area contributed by atoms with Gasteiger partial charge in [0.05, 0.1) is 6.04 Å². The van der Waals surface area contributed by atoms with E-state index in [9.17, 15) is 0 Å². The smallest absolute Gasteiger partial charge is 0.127 e. The lowest BCUT2D eigenvalue weighted by molar-refractivity contribution is 0.581. The van der Waals surface area contributed by atoms with E-state index in [0.717, 1.165) is 24.4 Å². The van der Waals surface area contributed by atoms with Gasteiger partial charge in [0.2, 0.25) is 0 Å². The van der Waals surface area contributed by atoms with E-state index in [2.05, 4.69) is 69.3 Å². The highest BCUT2D eigenvalue weighted by Crippen LogP contribution is 2.23. The van der Waals surface area contributed by atoms with Crippen molar-refractivity contribution in [2.45, 2.75) is 19.4 Å². The average Bonchev–Trinajstić information content (AvgIpc) is 3.28. The Morgan fingerprint density at radius 1 is 1.23 bits per heavy atom. The molecule has 132 valence electrons. The molecule has 1 atom stereocenters. The van der Waals surface area contributed by atoms with Crippen molar-refractivity contribution in [3.8, 4) is 0 Å². The summed E-state index contributed by atoms with van der Waals surface area (Å²) < 4.78 is 2.21. The highest BCUT2D eigenvalue weighted by Gasteiger charge is 2.16. The van der Waals surface area contributed by atoms with E-state index >= 15 is 0 Å². The summed E-state index contributed by atoms with van der Waals surface area (Å²) in [6, 6.07) is 10.7. The molecule has 5 nitrogen and oxygen atoms in total. The van der Waals surface area contributed by atoms with Crippen molar-refractivity contribution in [1.82, 2.24) is 24.8 Å². The van der Waals surface area contributed by atoms with Crippen LogP contribution in [0.3, 0.4) is 0 Å². The summed E-state index contributed by atoms with van der Waals surface area (Å²) in [6.45, 7) is 2.99. The highest BCUT2D eigenvalue weighted by atomic mass is 15.0. The summed E-state index contributed by atoms with van der Waals surface area (Å²) in [5, 5.41) is 4.96. The molecule has 0 aliphatic rings. The van der Waals surface area contributed by atoms with Crippen molar-refractivity contribution in [2.75, 3.05) is 6.54 Å². The number of aromatic nitrogens is 4. The van der Waals surface area contributed by atoms with Gasteiger partial charge in [0.15, 0.2) is 0 Å². The van der Waals surface area contributed by atoms with E-state index in [4.69, 9.17) is 0 Å². The Morgan fingerprint density at radius 2 is 2.15 bits per heavy atom. The SMILES string of the molecule is Cc1ccc2c(CCNC(c3cccnc3)c3ncc[nH]3)cn(C)c2c1. The molecule has 5 heteroatoms. The van der Waals surface area contributed by atoms with Crippen LogP contribution in [0.5, 0.6) is 0 Å². The molecule has 1 aromatic carbocycles. The number of aryl methyl sites for hydroxylation is 2. The fraction of sp³-hybridized carbons (Fsp3) is 0.238. The predicted octanol–water partition coefficient (Wildman–Crippen LogP) is 3.53. The van der Waals surface area contributed by atoms with Crippen molar-refractivity contribution in [3.63, 3.8) is 0 Å². The maximum atomic E-state index is 4.43. The van der Waals surface area contributed by atoms with Crippen LogP contribution in [0.1, 0.15) is 28.6 Å². The third kappa shape index (κ3) is 3.26. The van der Waals surface area contributed by atoms with Gasteiger partial charge in [0.25, 0.3) is 0 Å². The number of nitrogens with zero attached hydrogens (tertiary/aromatic N) is 3. The molecular weight excluding hydrogens is 322 g/mol. The van der Waals surface area contributed by atoms with Gasteiger partial charge >= 0.3 is 0 Å². The van der Waals surface area contributed by atoms with Gasteiger partial charge in [-0.3, -0.25) is 4.98 Å². The standard InChI is InChI=1S/C21H23N5/c1-15-5-6-18-17(14-26(2)19(18)12-15)7-9-23-20(21-24-10-11-25-21)16-4-3-8-22-13-16/h3-6,8,10-14,20,23H,7,9H2,1-2H3,(H,24,25). The van der Waals surface area contributed by atoms with Crippen LogP contribution >= 0.6 is 0 Å². The van der Waals surface area contributed by atoms with Gasteiger partial charge in [-0.2, -0.15) is 0 Å². The minimum Gasteiger partial charge on any atom is -0.350 e. The molecule has 4 aromatic rings. The maximum absolute atomic E-state index is 4.43. The van der Waals surface area contributed by atoms with Crippen LogP contribution in [0.15, 0.2) is 61.3 Å². The van der Waals surface area contributed by atoms with Crippen molar-refractivity contribution in [3.05, 3.63) is 83.8 Å². The zero-order valence-electron chi connectivity index (χ0n) is 15.1. The highest BCUT2D eigenvalue weighted by molar-refractivity contribution is 5.84. The molecule has 0 saturated carbocycles. The predicted molar refractivity (Wildman–Crippen MR) is 104 cm³/mol. The second-order valence-corrected chi connectivity index (χ2v) is 6.68. The van der Waals surface area contributed by atoms with Gasteiger partial charge in [0, 0.05) is 55.5 Å². The van der Waals surface area contributed by atoms with E-state index in [-0.39, 0.29) is 6.04 Å². The summed E-state index contributed by atoms with van der Waals surface area (Å²) in [4.78, 5) is 11.9. The molecule has 0 radical (unpaired) electrons. The monoisotopic (exact) mass is 345 g/mol. The van der Waals surface area contributed by atoms with E-state index in [1.165, 1.54) is 22.0 Å². The van der Waals surface area contributed by atoms with E-state index in [1.54, 1.807) is 12.4 Å². The molecule has 3 heterocycles. The lowest BCUT2D eigenvalue weighted by atomic mass is 10.1. The molecule has 3 aromatic heterocycles. The normalized spacial score (nSPS) is 12.5. The Morgan fingerprint density at radius 3 is 2.92 bits per heavy atom. The number of aromatic amines is 1. The van der Waals surface area contributed by atoms with Crippen LogP contribution < -0.4 is 5.32 Å². The molecule has 0 aliphatic carbocycles. The molecule has 2 N–H and O–H groups in total. The number of H-pyrrole nitrogens is 1. The largest absolute Gasteiger partial charge is 0.350 e. The second kappa shape index (κ2) is 7.14. The fourth-order valence-electron chi connectivity index (χ4n) is 3.48. The van der Waals surface area contributed by atoms with Crippen LogP contribution in [0, 0.1) is 6.92 Å². The third-order valence-electron chi connectivity index (χ3n) is 4.78. The Balaban J connectivity index is 1.52. The van der Waals surface area contributed by atoms with Crippen LogP contribution in [0.2, 0.25) is 0 Å². The van der Waals surface area contributed by atoms with E-state index < -0.39 is 0 Å². The molecule has 0 saturated heterocycles. The van der Waals surface area contributed by atoms with Gasteiger partial charge in [-0.05, 0) is 42.2 Å². The summed E-state index contributed by atoms with van der Waals surface area (Å²) >= 11 is 0. The summed E-state index contributed by atoms with van der Waals surface area (Å²) in [7, 11) is 2.11. The molecule has 0 bridgehead atoms. The summed E-state index contributed by atoms with van der Waals surface area (Å²) in [6.07, 6.45) is 10.5. The van der Waals surface area contributed by atoms with Crippen molar-refractivity contribution in [1.29, 1.82) is 0 Å². The van der Waals surface area contributed by atoms with Gasteiger partial charge in [-0.25, -0.2) is 4.98 Å². The number of fused-ring (bicyclic) bond motifs is 1. The molecule has 1 unspecified atom stereocenters. The van der Waals surface area contributed by atoms with Gasteiger partial charge in [-0.1, -0.05) is 18.2 Å². The number of rotatable bonds is 6. The molecule has 0 amide bonds. The first kappa shape index (κ1) is 16.5. The molecule has 0 fully saturated rings. The zero-order valence-corrected chi connectivity index (χ0v) is 15.1. The topological polar surface area (TPSA) is 58.5 Å². The van der Waals surface area contributed by atoms with Crippen molar-refractivity contribution in [2.24, 2.45) is 7.05 Å². The number of pyridine rings is 1. The number of hydrogen-bond acceptors (Lipinski definition) is 3. The van der Waals surface area contributed by atoms with Crippen LogP contribution in [-0.2, 0) is 13.5 Å². The zero-order chi connectivity index (χ0) is 17.9. The number of nitrogens with one attached hydrogen (secondary N) is 2. The quantitative estimate of drug-likeness (QED) is 0.562. The molecule has 26 heavy (non-hydrogen) atoms. The minimum absolute atomic E-state index is 0.0101. The lowest BCUT2D eigenvalue weighted by Gasteiger charge is -2.16. The van der Waals surface area contributed by atoms with Crippen LogP contribution in [0.4, 0.5) is 0 Å². The first-order chi connectivity index (χ1) is 12.7. The van der Waals surface area contributed by atoms with E-state index in [1.807, 2.05) is 18.5 Å². The molecule has 4 rings (SSSR count). The second-order valence-electron chi connectivity index (χ2n) is 6.68. The fourth-order valence-corrected chi connectivity index (χ4v) is 3.48. The Labute approximate surface area is 153 Å². The number of benzene rings is 1. The minimum atomic E-state index is 0.0101. The number of imidazole rings is 1. The Kier molecular flexibility index (Phi) is 4.54. The average molecular weight is 345 g/mol. The Bertz CT molecular complexity index is 986. The van der Waals surface area contributed by atoms with Gasteiger partial charge < -0.3 is 14.9 Å². The van der Waals surface area contributed by atoms with E-state index in [0.29, 0.717) is 0 Å². The van der Waals surface area contributed by atoms with Crippen molar-refractivity contribution >= 4 is 10.9 Å². The Hall–Kier alpha value is -2.92. The van der Waals surface area contributed by atoms with Crippen LogP contribution in [-0.4, -0.2) is 26.1 Å².